The lowest BCUT2D eigenvalue weighted by Gasteiger charge is -2.05. The molecule has 6 heteroatoms. The molecular formula is C8H3BrF3IO. The van der Waals surface area contributed by atoms with Gasteiger partial charge in [-0.15, -0.1) is 0 Å². The van der Waals surface area contributed by atoms with E-state index in [9.17, 15) is 18.0 Å². The minimum Gasteiger partial charge on any atom is -0.284 e. The Morgan fingerprint density at radius 3 is 2.36 bits per heavy atom. The van der Waals surface area contributed by atoms with E-state index in [0.29, 0.717) is 4.47 Å². The van der Waals surface area contributed by atoms with Gasteiger partial charge in [-0.25, -0.2) is 0 Å². The van der Waals surface area contributed by atoms with E-state index in [0.717, 1.165) is 15.7 Å². The third kappa shape index (κ3) is 2.69. The number of ketones is 1. The van der Waals surface area contributed by atoms with Gasteiger partial charge in [0.2, 0.25) is 0 Å². The van der Waals surface area contributed by atoms with Crippen molar-refractivity contribution in [2.75, 3.05) is 0 Å². The monoisotopic (exact) mass is 378 g/mol. The number of hydrogen-bond acceptors (Lipinski definition) is 1. The van der Waals surface area contributed by atoms with Gasteiger partial charge in [0.25, 0.3) is 5.78 Å². The summed E-state index contributed by atoms with van der Waals surface area (Å²) in [6.45, 7) is 0. The van der Waals surface area contributed by atoms with Gasteiger partial charge in [-0.05, 0) is 56.7 Å². The molecule has 0 radical (unpaired) electrons. The first-order chi connectivity index (χ1) is 6.32. The average molecular weight is 379 g/mol. The minimum absolute atomic E-state index is 0.357. The van der Waals surface area contributed by atoms with Crippen LogP contribution < -0.4 is 0 Å². The van der Waals surface area contributed by atoms with Crippen LogP contribution in [0.5, 0.6) is 0 Å². The van der Waals surface area contributed by atoms with Crippen LogP contribution >= 0.6 is 38.5 Å². The largest absolute Gasteiger partial charge is 0.454 e. The third-order valence-electron chi connectivity index (χ3n) is 1.44. The number of carbonyl (C=O) groups is 1. The summed E-state index contributed by atoms with van der Waals surface area (Å²) < 4.78 is 37.2. The highest BCUT2D eigenvalue weighted by atomic mass is 127. The van der Waals surface area contributed by atoms with Crippen molar-refractivity contribution in [1.82, 2.24) is 0 Å². The van der Waals surface area contributed by atoms with E-state index in [1.807, 2.05) is 22.6 Å². The van der Waals surface area contributed by atoms with E-state index in [2.05, 4.69) is 15.9 Å². The smallest absolute Gasteiger partial charge is 0.284 e. The number of carbonyl (C=O) groups excluding carboxylic acids is 1. The molecule has 0 aliphatic heterocycles. The maximum Gasteiger partial charge on any atom is 0.454 e. The molecule has 1 aromatic carbocycles. The lowest BCUT2D eigenvalue weighted by molar-refractivity contribution is -0.0885. The predicted molar refractivity (Wildman–Crippen MR) is 57.2 cm³/mol. The van der Waals surface area contributed by atoms with Gasteiger partial charge in [0.1, 0.15) is 0 Å². The van der Waals surface area contributed by atoms with Gasteiger partial charge in [-0.2, -0.15) is 13.2 Å². The standard InChI is InChI=1S/C8H3BrF3IO/c9-5-3-4(1-2-6(5)13)7(14)8(10,11)12/h1-3H. The summed E-state index contributed by atoms with van der Waals surface area (Å²) in [5.74, 6) is -1.82. The van der Waals surface area contributed by atoms with Crippen LogP contribution in [0.2, 0.25) is 0 Å². The first-order valence-corrected chi connectivity index (χ1v) is 5.26. The molecule has 0 aliphatic carbocycles. The number of rotatable bonds is 1. The lowest BCUT2D eigenvalue weighted by Crippen LogP contribution is -2.22. The molecule has 1 rings (SSSR count). The Morgan fingerprint density at radius 2 is 1.93 bits per heavy atom. The van der Waals surface area contributed by atoms with Crippen molar-refractivity contribution in [1.29, 1.82) is 0 Å². The van der Waals surface area contributed by atoms with Gasteiger partial charge in [-0.3, -0.25) is 4.79 Å². The first kappa shape index (κ1) is 12.0. The minimum atomic E-state index is -4.81. The van der Waals surface area contributed by atoms with Crippen LogP contribution in [0.15, 0.2) is 22.7 Å². The molecular weight excluding hydrogens is 376 g/mol. The molecule has 1 aromatic rings. The zero-order valence-corrected chi connectivity index (χ0v) is 10.3. The summed E-state index contributed by atoms with van der Waals surface area (Å²) in [5.41, 5.74) is -0.357. The Balaban J connectivity index is 3.10. The normalized spacial score (nSPS) is 11.5. The highest BCUT2D eigenvalue weighted by Crippen LogP contribution is 2.25. The van der Waals surface area contributed by atoms with Crippen LogP contribution in [0.3, 0.4) is 0 Å². The van der Waals surface area contributed by atoms with Gasteiger partial charge in [0.05, 0.1) is 0 Å². The molecule has 0 saturated carbocycles. The fraction of sp³-hybridized carbons (Fsp3) is 0.125. The Morgan fingerprint density at radius 1 is 1.36 bits per heavy atom. The predicted octanol–water partition coefficient (Wildman–Crippen LogP) is 3.80. The molecule has 0 spiro atoms. The van der Waals surface area contributed by atoms with Crippen LogP contribution in [0.1, 0.15) is 10.4 Å². The van der Waals surface area contributed by atoms with Gasteiger partial charge >= 0.3 is 6.18 Å². The Labute approximate surface area is 99.9 Å². The summed E-state index contributed by atoms with van der Waals surface area (Å²) >= 11 is 5.00. The fourth-order valence-electron chi connectivity index (χ4n) is 0.801. The molecule has 0 aromatic heterocycles. The van der Waals surface area contributed by atoms with E-state index >= 15 is 0 Å². The molecule has 0 saturated heterocycles. The molecule has 0 aliphatic rings. The summed E-state index contributed by atoms with van der Waals surface area (Å²) in [6, 6.07) is 3.77. The van der Waals surface area contributed by atoms with E-state index in [1.54, 1.807) is 0 Å². The van der Waals surface area contributed by atoms with Gasteiger partial charge in [-0.1, -0.05) is 0 Å². The number of Topliss-reactive ketones (excluding diaryl/α,β-unsaturated/α-hetero) is 1. The highest BCUT2D eigenvalue weighted by molar-refractivity contribution is 14.1. The topological polar surface area (TPSA) is 17.1 Å². The molecule has 0 heterocycles. The van der Waals surface area contributed by atoms with E-state index in [4.69, 9.17) is 0 Å². The molecule has 0 fully saturated rings. The zero-order chi connectivity index (χ0) is 10.9. The van der Waals surface area contributed by atoms with Crippen LogP contribution in [0.25, 0.3) is 0 Å². The Hall–Kier alpha value is -0.110. The molecule has 14 heavy (non-hydrogen) atoms. The van der Waals surface area contributed by atoms with E-state index < -0.39 is 12.0 Å². The Kier molecular flexibility index (Phi) is 3.57. The molecule has 76 valence electrons. The van der Waals surface area contributed by atoms with Crippen molar-refractivity contribution in [3.05, 3.63) is 31.8 Å². The zero-order valence-electron chi connectivity index (χ0n) is 6.53. The van der Waals surface area contributed by atoms with E-state index in [-0.39, 0.29) is 5.56 Å². The second-order valence-electron chi connectivity index (χ2n) is 2.46. The number of alkyl halides is 3. The van der Waals surface area contributed by atoms with Crippen LogP contribution in [-0.4, -0.2) is 12.0 Å². The van der Waals surface area contributed by atoms with Crippen molar-refractivity contribution in [2.24, 2.45) is 0 Å². The number of halogens is 5. The molecule has 1 nitrogen and oxygen atoms in total. The van der Waals surface area contributed by atoms with Crippen LogP contribution in [0, 0.1) is 3.57 Å². The SMILES string of the molecule is O=C(c1ccc(I)c(Br)c1)C(F)(F)F. The third-order valence-corrected chi connectivity index (χ3v) is 3.78. The van der Waals surface area contributed by atoms with E-state index in [1.165, 1.54) is 6.07 Å². The molecule has 0 unspecified atom stereocenters. The molecule has 0 N–H and O–H groups in total. The average Bonchev–Trinajstić information content (AvgIpc) is 2.07. The Bertz CT molecular complexity index is 375. The second-order valence-corrected chi connectivity index (χ2v) is 4.47. The summed E-state index contributed by atoms with van der Waals surface area (Å²) in [6.07, 6.45) is -4.81. The van der Waals surface area contributed by atoms with Crippen molar-refractivity contribution in [3.8, 4) is 0 Å². The van der Waals surface area contributed by atoms with Crippen LogP contribution in [0.4, 0.5) is 13.2 Å². The van der Waals surface area contributed by atoms with Gasteiger partial charge in [0, 0.05) is 13.6 Å². The van der Waals surface area contributed by atoms with Gasteiger partial charge in [0.15, 0.2) is 0 Å². The summed E-state index contributed by atoms with van der Waals surface area (Å²) in [7, 11) is 0. The van der Waals surface area contributed by atoms with Gasteiger partial charge < -0.3 is 0 Å². The molecule has 0 atom stereocenters. The second kappa shape index (κ2) is 4.18. The molecule has 0 amide bonds. The molecule has 0 bridgehead atoms. The summed E-state index contributed by atoms with van der Waals surface area (Å²) in [4.78, 5) is 10.8. The maximum atomic E-state index is 12.0. The highest BCUT2D eigenvalue weighted by Gasteiger charge is 2.39. The maximum absolute atomic E-state index is 12.0. The first-order valence-electron chi connectivity index (χ1n) is 3.39. The lowest BCUT2D eigenvalue weighted by atomic mass is 10.1. The van der Waals surface area contributed by atoms with Crippen molar-refractivity contribution in [3.63, 3.8) is 0 Å². The number of benzene rings is 1. The fourth-order valence-corrected chi connectivity index (χ4v) is 1.52. The van der Waals surface area contributed by atoms with Crippen molar-refractivity contribution in [2.45, 2.75) is 6.18 Å². The number of hydrogen-bond donors (Lipinski definition) is 0. The van der Waals surface area contributed by atoms with Crippen LogP contribution in [-0.2, 0) is 0 Å². The summed E-state index contributed by atoms with van der Waals surface area (Å²) in [5, 5.41) is 0. The van der Waals surface area contributed by atoms with Crippen molar-refractivity contribution < 1.29 is 18.0 Å². The quantitative estimate of drug-likeness (QED) is 0.536. The van der Waals surface area contributed by atoms with Crippen molar-refractivity contribution >= 4 is 44.3 Å².